The van der Waals surface area contributed by atoms with E-state index in [1.54, 1.807) is 30.5 Å². The lowest BCUT2D eigenvalue weighted by atomic mass is 9.90. The van der Waals surface area contributed by atoms with E-state index < -0.39 is 138 Å². The van der Waals surface area contributed by atoms with Crippen LogP contribution in [0.25, 0.3) is 21.8 Å². The minimum Gasteiger partial charge on any atom is -0.508 e. The van der Waals surface area contributed by atoms with Crippen LogP contribution in [0.3, 0.4) is 0 Å². The van der Waals surface area contributed by atoms with Gasteiger partial charge in [-0.05, 0) is 110 Å². The van der Waals surface area contributed by atoms with Crippen molar-refractivity contribution in [3.05, 3.63) is 155 Å². The number of amides is 10. The van der Waals surface area contributed by atoms with E-state index in [0.29, 0.717) is 76.0 Å². The van der Waals surface area contributed by atoms with E-state index >= 15 is 14.4 Å². The number of phenolic OH excluding ortho intramolecular Hbond substituents is 1. The minimum atomic E-state index is -2.02. The molecule has 2 aliphatic rings. The van der Waals surface area contributed by atoms with Crippen LogP contribution >= 0.6 is 23.5 Å². The number of carboxylic acid groups (broad SMARTS) is 1. The number of primary amides is 1. The van der Waals surface area contributed by atoms with Gasteiger partial charge < -0.3 is 84.1 Å². The molecule has 9 rings (SSSR count). The summed E-state index contributed by atoms with van der Waals surface area (Å²) >= 11 is 2.81. The second-order valence-corrected chi connectivity index (χ2v) is 27.1. The molecule has 7 aromatic rings. The monoisotopic (exact) mass is 1410 g/mol. The van der Waals surface area contributed by atoms with Crippen LogP contribution in [0.5, 0.6) is 5.75 Å². The number of unbranched alkanes of at least 4 members (excludes halogenated alkanes) is 1. The number of H-pyrrole nitrogens is 3. The highest BCUT2D eigenvalue weighted by Crippen LogP contribution is 2.27. The smallest absolute Gasteiger partial charge is 0.305 e. The number of carboxylic acids is 1. The van der Waals surface area contributed by atoms with Gasteiger partial charge in [0.05, 0.1) is 25.0 Å². The molecule has 2 bridgehead atoms. The molecule has 8 atom stereocenters. The van der Waals surface area contributed by atoms with Gasteiger partial charge in [-0.3, -0.25) is 52.7 Å². The zero-order valence-corrected chi connectivity index (χ0v) is 56.5. The number of nitrogens with zero attached hydrogens (tertiary/aromatic N) is 2. The number of phenols is 1. The molecule has 0 unspecified atom stereocenters. The van der Waals surface area contributed by atoms with Crippen LogP contribution in [0.4, 0.5) is 4.39 Å². The number of aliphatic carboxylic acids is 1. The Morgan fingerprint density at radius 3 is 2.10 bits per heavy atom. The van der Waals surface area contributed by atoms with Gasteiger partial charge in [-0.15, -0.1) is 0 Å². The van der Waals surface area contributed by atoms with E-state index in [1.807, 2.05) is 24.3 Å². The van der Waals surface area contributed by atoms with Gasteiger partial charge in [-0.2, -0.15) is 23.5 Å². The Kier molecular flexibility index (Phi) is 25.9. The normalized spacial score (nSPS) is 22.8. The SMILES string of the molecule is C[C@@]1(Cc2c[nH]c3ccccc23)NC(=O)CNC(=O)[C@H](CCCCN)NC(=O)CCSCc2cccc(c2)CSC[C@@H](C(N)=O)NC(=O)[C@@H]2CCCN2C(=O)[C@H](Cc2ccc(O)cc2)NC(=O)[C@H](Cc2c[nH]cn2)NC(=O)[C@H](CC(=O)O)NC(=O)[C@H](Cc2c[nH]c3ccc(F)cc23)NC1=O. The number of nitrogens with two attached hydrogens (primary N) is 2. The largest absolute Gasteiger partial charge is 0.508 e. The molecule has 4 aromatic carbocycles. The number of carbonyl (C=O) groups excluding carboxylic acids is 10. The number of hydrogen-bond acceptors (Lipinski definition) is 16. The van der Waals surface area contributed by atoms with Crippen molar-refractivity contribution in [3.63, 3.8) is 0 Å². The summed E-state index contributed by atoms with van der Waals surface area (Å²) in [5.41, 5.74) is 14.1. The van der Waals surface area contributed by atoms with Gasteiger partial charge >= 0.3 is 5.97 Å². The van der Waals surface area contributed by atoms with Gasteiger partial charge in [-0.25, -0.2) is 9.37 Å². The average molecular weight is 1410 g/mol. The van der Waals surface area contributed by atoms with Crippen LogP contribution in [-0.2, 0) is 89.9 Å². The number of para-hydroxylation sites is 1. The molecule has 1 saturated heterocycles. The number of aromatic nitrogens is 4. The lowest BCUT2D eigenvalue weighted by Gasteiger charge is -2.32. The molecule has 17 N–H and O–H groups in total. The molecule has 31 heteroatoms. The van der Waals surface area contributed by atoms with Gasteiger partial charge in [-0.1, -0.05) is 54.6 Å². The van der Waals surface area contributed by atoms with Gasteiger partial charge in [0.2, 0.25) is 59.1 Å². The first-order chi connectivity index (χ1) is 48.0. The lowest BCUT2D eigenvalue weighted by Crippen LogP contribution is -2.64. The molecule has 10 amide bonds. The Labute approximate surface area is 582 Å². The Morgan fingerprint density at radius 2 is 1.38 bits per heavy atom. The molecular weight excluding hydrogens is 1330 g/mol. The highest BCUT2D eigenvalue weighted by molar-refractivity contribution is 7.98. The predicted molar refractivity (Wildman–Crippen MR) is 372 cm³/mol. The fourth-order valence-electron chi connectivity index (χ4n) is 12.1. The van der Waals surface area contributed by atoms with E-state index in [9.17, 15) is 53.0 Å². The summed E-state index contributed by atoms with van der Waals surface area (Å²) in [6, 6.07) is 14.1. The van der Waals surface area contributed by atoms with Crippen molar-refractivity contribution < 1.29 is 67.3 Å². The molecule has 0 radical (unpaired) electrons. The topological polar surface area (TPSA) is 440 Å². The minimum absolute atomic E-state index is 0.0311. The Balaban J connectivity index is 1.06. The second-order valence-electron chi connectivity index (χ2n) is 25.0. The van der Waals surface area contributed by atoms with Gasteiger partial charge in [0.25, 0.3) is 0 Å². The molecule has 1 fully saturated rings. The number of fused-ring (bicyclic) bond motifs is 5. The first kappa shape index (κ1) is 74.0. The third-order valence-electron chi connectivity index (χ3n) is 17.3. The molecule has 0 spiro atoms. The first-order valence-corrected chi connectivity index (χ1v) is 35.1. The predicted octanol–water partition coefficient (Wildman–Crippen LogP) is 2.04. The van der Waals surface area contributed by atoms with Crippen LogP contribution < -0.4 is 54.0 Å². The fraction of sp³-hybridized carbons (Fsp3) is 0.391. The summed E-state index contributed by atoms with van der Waals surface area (Å²) in [5, 5.41) is 42.9. The molecule has 0 aliphatic carbocycles. The van der Waals surface area contributed by atoms with E-state index in [4.69, 9.17) is 11.5 Å². The number of rotatable bonds is 15. The molecule has 100 heavy (non-hydrogen) atoms. The lowest BCUT2D eigenvalue weighted by molar-refractivity contribution is -0.143. The highest BCUT2D eigenvalue weighted by atomic mass is 32.2. The molecule has 2 aliphatic heterocycles. The van der Waals surface area contributed by atoms with E-state index in [0.717, 1.165) is 11.1 Å². The maximum atomic E-state index is 15.4. The zero-order chi connectivity index (χ0) is 71.5. The standard InChI is InChI=1S/C69H82FN15O13S2/c1-69(30-43-32-75-49-11-3-2-10-47(43)49)68(98)83-52(26-42-31-74-50-19-16-44(70)27-48(42)50)63(93)80-54(29-60(89)90)65(95)79-53(28-45-33-73-38-77-45)64(94)81-55(25-39-14-17-46(86)18-15-39)67(97)85-22-7-13-57(85)66(96)82-56(61(72)91)37-100-36-41-9-6-8-40(24-41)35-99-23-20-58(87)78-51(12-4-5-21-71)62(92)76-34-59(88)84-69/h2-3,6,8-11,14-19,24,27,31-33,38,51-57,74-75,86H,4-5,7,12-13,20-23,25-26,28-30,34-37,71H2,1H3,(H2,72,91)(H,73,77)(H,76,92)(H,78,87)(H,79,95)(H,80,93)(H,81,94)(H,82,96)(H,83,98)(H,84,88)(H,89,90)/t51-,52-,53-,54-,55-,56-,57-,69-/m0/s1. The summed E-state index contributed by atoms with van der Waals surface area (Å²) in [4.78, 5) is 172. The first-order valence-electron chi connectivity index (χ1n) is 32.7. The van der Waals surface area contributed by atoms with Crippen molar-refractivity contribution in [2.75, 3.05) is 31.1 Å². The van der Waals surface area contributed by atoms with Crippen molar-refractivity contribution in [2.24, 2.45) is 11.5 Å². The van der Waals surface area contributed by atoms with E-state index in [1.165, 1.54) is 96.5 Å². The van der Waals surface area contributed by atoms with Crippen LogP contribution in [0.15, 0.2) is 116 Å². The number of thioether (sulfide) groups is 2. The van der Waals surface area contributed by atoms with Gasteiger partial charge in [0.1, 0.15) is 59.4 Å². The quantitative estimate of drug-likeness (QED) is 0.0653. The van der Waals surface area contributed by atoms with Crippen LogP contribution in [0, 0.1) is 5.82 Å². The highest BCUT2D eigenvalue weighted by Gasteiger charge is 2.42. The number of nitrogens with one attached hydrogen (secondary N) is 11. The summed E-state index contributed by atoms with van der Waals surface area (Å²) < 4.78 is 15.0. The Morgan fingerprint density at radius 1 is 0.690 bits per heavy atom. The number of halogens is 1. The Hall–Kier alpha value is -10.3. The number of imidazole rings is 1. The number of hydrogen-bond donors (Lipinski definition) is 15. The van der Waals surface area contributed by atoms with Crippen molar-refractivity contribution in [2.45, 2.75) is 137 Å². The number of carbonyl (C=O) groups is 11. The summed E-state index contributed by atoms with van der Waals surface area (Å²) in [7, 11) is 0. The maximum absolute atomic E-state index is 15.4. The summed E-state index contributed by atoms with van der Waals surface area (Å²) in [5.74, 6) is -9.57. The van der Waals surface area contributed by atoms with Crippen LogP contribution in [0.2, 0.25) is 0 Å². The van der Waals surface area contributed by atoms with Crippen molar-refractivity contribution in [1.29, 1.82) is 0 Å². The van der Waals surface area contributed by atoms with E-state index in [-0.39, 0.29) is 67.8 Å². The third kappa shape index (κ3) is 20.4. The second kappa shape index (κ2) is 35.0. The summed E-state index contributed by atoms with van der Waals surface area (Å²) in [6.45, 7) is 1.05. The maximum Gasteiger partial charge on any atom is 0.305 e. The number of benzene rings is 4. The van der Waals surface area contributed by atoms with Crippen molar-refractivity contribution in [3.8, 4) is 5.75 Å². The number of aromatic amines is 3. The fourth-order valence-corrected chi connectivity index (χ4v) is 14.0. The Bertz CT molecular complexity index is 4100. The van der Waals surface area contributed by atoms with Gasteiger partial charge in [0.15, 0.2) is 0 Å². The molecular formula is C69H82FN15O13S2. The molecule has 530 valence electrons. The molecule has 28 nitrogen and oxygen atoms in total. The molecule has 3 aromatic heterocycles. The number of aromatic hydroxyl groups is 1. The van der Waals surface area contributed by atoms with Crippen molar-refractivity contribution in [1.82, 2.24) is 67.4 Å². The van der Waals surface area contributed by atoms with Crippen LogP contribution in [0.1, 0.15) is 85.4 Å². The summed E-state index contributed by atoms with van der Waals surface area (Å²) in [6.07, 6.45) is 5.12. The molecule has 0 saturated carbocycles. The van der Waals surface area contributed by atoms with E-state index in [2.05, 4.69) is 62.5 Å². The average Bonchev–Trinajstić information content (AvgIpc) is 1.58. The third-order valence-corrected chi connectivity index (χ3v) is 19.5. The molecule has 5 heterocycles. The zero-order valence-electron chi connectivity index (χ0n) is 54.9. The van der Waals surface area contributed by atoms with Crippen LogP contribution in [-0.4, -0.2) is 179 Å². The van der Waals surface area contributed by atoms with Gasteiger partial charge in [0, 0.05) is 102 Å². The van der Waals surface area contributed by atoms with Crippen molar-refractivity contribution >= 4 is 110 Å².